The van der Waals surface area contributed by atoms with Gasteiger partial charge in [0.2, 0.25) is 0 Å². The lowest BCUT2D eigenvalue weighted by Gasteiger charge is -2.22. The van der Waals surface area contributed by atoms with Gasteiger partial charge in [-0.3, -0.25) is 4.79 Å². The largest absolute Gasteiger partial charge is 0.339 e. The number of carbonyl (C=O) groups is 1. The molecule has 0 bridgehead atoms. The molecule has 26 heavy (non-hydrogen) atoms. The number of pyridine rings is 1. The summed E-state index contributed by atoms with van der Waals surface area (Å²) >= 11 is 0. The zero-order valence-electron chi connectivity index (χ0n) is 15.8. The number of aromatic nitrogens is 3. The lowest BCUT2D eigenvalue weighted by atomic mass is 10.1. The van der Waals surface area contributed by atoms with Crippen molar-refractivity contribution < 1.29 is 4.79 Å². The summed E-state index contributed by atoms with van der Waals surface area (Å²) in [6.45, 7) is 8.48. The van der Waals surface area contributed by atoms with Gasteiger partial charge in [0.15, 0.2) is 5.65 Å². The Labute approximate surface area is 154 Å². The Morgan fingerprint density at radius 1 is 1.08 bits per heavy atom. The lowest BCUT2D eigenvalue weighted by Crippen LogP contribution is -2.32. The highest BCUT2D eigenvalue weighted by Crippen LogP contribution is 2.26. The van der Waals surface area contributed by atoms with Gasteiger partial charge in [0.05, 0.1) is 22.8 Å². The maximum atomic E-state index is 13.3. The van der Waals surface area contributed by atoms with Crippen LogP contribution in [-0.2, 0) is 6.54 Å². The third-order valence-electron chi connectivity index (χ3n) is 4.48. The topological polar surface area (TPSA) is 51.0 Å². The number of fused-ring (bicyclic) bond motifs is 1. The summed E-state index contributed by atoms with van der Waals surface area (Å²) in [5, 5.41) is 5.25. The number of hydrogen-bond acceptors (Lipinski definition) is 3. The van der Waals surface area contributed by atoms with Crippen LogP contribution in [0.1, 0.15) is 44.0 Å². The van der Waals surface area contributed by atoms with Gasteiger partial charge in [-0.25, -0.2) is 9.67 Å². The average molecular weight is 350 g/mol. The van der Waals surface area contributed by atoms with E-state index in [4.69, 9.17) is 4.98 Å². The van der Waals surface area contributed by atoms with Crippen molar-refractivity contribution in [3.05, 3.63) is 48.2 Å². The maximum Gasteiger partial charge on any atom is 0.254 e. The molecule has 3 aromatic rings. The van der Waals surface area contributed by atoms with E-state index in [-0.39, 0.29) is 5.91 Å². The van der Waals surface area contributed by atoms with Crippen LogP contribution in [0.5, 0.6) is 0 Å². The van der Waals surface area contributed by atoms with Crippen LogP contribution in [0.3, 0.4) is 0 Å². The SMILES string of the molecule is CCCN(CCC)C(=O)c1cc(-c2ccccc2)nc2c1cnn2CC. The van der Waals surface area contributed by atoms with Crippen LogP contribution in [0.25, 0.3) is 22.3 Å². The van der Waals surface area contributed by atoms with Gasteiger partial charge in [-0.15, -0.1) is 0 Å². The van der Waals surface area contributed by atoms with Crippen molar-refractivity contribution in [2.45, 2.75) is 40.2 Å². The zero-order valence-corrected chi connectivity index (χ0v) is 15.8. The summed E-state index contributed by atoms with van der Waals surface area (Å²) in [6, 6.07) is 11.9. The van der Waals surface area contributed by atoms with E-state index in [0.29, 0.717) is 5.56 Å². The van der Waals surface area contributed by atoms with E-state index in [0.717, 1.165) is 54.8 Å². The van der Waals surface area contributed by atoms with Crippen molar-refractivity contribution in [2.24, 2.45) is 0 Å². The van der Waals surface area contributed by atoms with Crippen LogP contribution in [0.4, 0.5) is 0 Å². The zero-order chi connectivity index (χ0) is 18.5. The second kappa shape index (κ2) is 8.13. The molecule has 0 saturated carbocycles. The molecule has 0 atom stereocenters. The van der Waals surface area contributed by atoms with Crippen LogP contribution in [0.2, 0.25) is 0 Å². The molecule has 0 unspecified atom stereocenters. The fourth-order valence-electron chi connectivity index (χ4n) is 3.24. The van der Waals surface area contributed by atoms with Gasteiger partial charge in [-0.2, -0.15) is 5.10 Å². The fourth-order valence-corrected chi connectivity index (χ4v) is 3.24. The van der Waals surface area contributed by atoms with E-state index in [1.807, 2.05) is 52.9 Å². The molecule has 1 amide bonds. The van der Waals surface area contributed by atoms with Crippen molar-refractivity contribution in [1.29, 1.82) is 0 Å². The molecule has 136 valence electrons. The van der Waals surface area contributed by atoms with Crippen LogP contribution in [0.15, 0.2) is 42.6 Å². The molecule has 0 saturated heterocycles. The van der Waals surface area contributed by atoms with Gasteiger partial charge >= 0.3 is 0 Å². The minimum atomic E-state index is 0.0638. The molecule has 0 aliphatic rings. The van der Waals surface area contributed by atoms with E-state index in [1.165, 1.54) is 0 Å². The van der Waals surface area contributed by atoms with E-state index in [9.17, 15) is 4.79 Å². The standard InChI is InChI=1S/C21H26N4O/c1-4-12-24(13-5-2)21(26)17-14-19(16-10-8-7-9-11-16)23-20-18(17)15-22-25(20)6-3/h7-11,14-15H,4-6,12-13H2,1-3H3. The number of aryl methyl sites for hydroxylation is 1. The van der Waals surface area contributed by atoms with Gasteiger partial charge < -0.3 is 4.90 Å². The molecule has 0 aliphatic carbocycles. The number of hydrogen-bond donors (Lipinski definition) is 0. The molecule has 3 rings (SSSR count). The van der Waals surface area contributed by atoms with Gasteiger partial charge in [-0.05, 0) is 25.8 Å². The third-order valence-corrected chi connectivity index (χ3v) is 4.48. The number of carbonyl (C=O) groups excluding carboxylic acids is 1. The second-order valence-electron chi connectivity index (χ2n) is 6.41. The first-order chi connectivity index (χ1) is 12.7. The summed E-state index contributed by atoms with van der Waals surface area (Å²) < 4.78 is 1.85. The van der Waals surface area contributed by atoms with Crippen LogP contribution in [-0.4, -0.2) is 38.7 Å². The molecular formula is C21H26N4O. The third kappa shape index (κ3) is 3.47. The Morgan fingerprint density at radius 3 is 2.38 bits per heavy atom. The van der Waals surface area contributed by atoms with Gasteiger partial charge in [0, 0.05) is 25.2 Å². The number of nitrogens with zero attached hydrogens (tertiary/aromatic N) is 4. The highest BCUT2D eigenvalue weighted by Gasteiger charge is 2.21. The van der Waals surface area contributed by atoms with Gasteiger partial charge in [-0.1, -0.05) is 44.2 Å². The Morgan fingerprint density at radius 2 is 1.77 bits per heavy atom. The Balaban J connectivity index is 2.16. The number of amides is 1. The van der Waals surface area contributed by atoms with E-state index in [2.05, 4.69) is 18.9 Å². The summed E-state index contributed by atoms with van der Waals surface area (Å²) in [5.74, 6) is 0.0638. The van der Waals surface area contributed by atoms with Crippen molar-refractivity contribution in [3.8, 4) is 11.3 Å². The molecule has 5 heteroatoms. The molecule has 0 radical (unpaired) electrons. The Kier molecular flexibility index (Phi) is 5.66. The smallest absolute Gasteiger partial charge is 0.254 e. The predicted molar refractivity (Wildman–Crippen MR) is 105 cm³/mol. The number of rotatable bonds is 7. The molecule has 1 aromatic carbocycles. The van der Waals surface area contributed by atoms with E-state index < -0.39 is 0 Å². The average Bonchev–Trinajstić information content (AvgIpc) is 3.10. The Bertz CT molecular complexity index is 880. The monoisotopic (exact) mass is 350 g/mol. The summed E-state index contributed by atoms with van der Waals surface area (Å²) in [5.41, 5.74) is 3.27. The second-order valence-corrected chi connectivity index (χ2v) is 6.41. The maximum absolute atomic E-state index is 13.3. The highest BCUT2D eigenvalue weighted by molar-refractivity contribution is 6.06. The van der Waals surface area contributed by atoms with Crippen molar-refractivity contribution >= 4 is 16.9 Å². The lowest BCUT2D eigenvalue weighted by molar-refractivity contribution is 0.0757. The quantitative estimate of drug-likeness (QED) is 0.635. The van der Waals surface area contributed by atoms with E-state index in [1.54, 1.807) is 6.20 Å². The highest BCUT2D eigenvalue weighted by atomic mass is 16.2. The minimum absolute atomic E-state index is 0.0638. The molecule has 5 nitrogen and oxygen atoms in total. The number of benzene rings is 1. The first-order valence-electron chi connectivity index (χ1n) is 9.40. The fraction of sp³-hybridized carbons (Fsp3) is 0.381. The normalized spacial score (nSPS) is 11.0. The van der Waals surface area contributed by atoms with Crippen LogP contribution in [0, 0.1) is 0 Å². The van der Waals surface area contributed by atoms with Crippen LogP contribution >= 0.6 is 0 Å². The molecule has 2 heterocycles. The molecule has 0 spiro atoms. The summed E-state index contributed by atoms with van der Waals surface area (Å²) in [4.78, 5) is 20.0. The molecule has 0 fully saturated rings. The van der Waals surface area contributed by atoms with Crippen LogP contribution < -0.4 is 0 Å². The van der Waals surface area contributed by atoms with Crippen molar-refractivity contribution in [2.75, 3.05) is 13.1 Å². The molecular weight excluding hydrogens is 324 g/mol. The first-order valence-corrected chi connectivity index (χ1v) is 9.40. The van der Waals surface area contributed by atoms with Crippen molar-refractivity contribution in [3.63, 3.8) is 0 Å². The van der Waals surface area contributed by atoms with Gasteiger partial charge in [0.25, 0.3) is 5.91 Å². The first kappa shape index (κ1) is 18.1. The molecule has 0 aliphatic heterocycles. The molecule has 2 aromatic heterocycles. The predicted octanol–water partition coefficient (Wildman–Crippen LogP) is 4.38. The van der Waals surface area contributed by atoms with Crippen molar-refractivity contribution in [1.82, 2.24) is 19.7 Å². The minimum Gasteiger partial charge on any atom is -0.339 e. The Hall–Kier alpha value is -2.69. The van der Waals surface area contributed by atoms with Gasteiger partial charge in [0.1, 0.15) is 0 Å². The van der Waals surface area contributed by atoms with E-state index >= 15 is 0 Å². The summed E-state index contributed by atoms with van der Waals surface area (Å²) in [6.07, 6.45) is 3.66. The summed E-state index contributed by atoms with van der Waals surface area (Å²) in [7, 11) is 0. The molecule has 0 N–H and O–H groups in total.